The Labute approximate surface area is 176 Å². The molecule has 3 aromatic carbocycles. The summed E-state index contributed by atoms with van der Waals surface area (Å²) in [4.78, 5) is 17.9. The number of hydrogen-bond acceptors (Lipinski definition) is 4. The molecule has 146 valence electrons. The molecule has 0 bridgehead atoms. The normalized spacial score (nSPS) is 12.8. The lowest BCUT2D eigenvalue weighted by Crippen LogP contribution is -2.23. The number of benzene rings is 3. The van der Waals surface area contributed by atoms with Gasteiger partial charge in [0, 0.05) is 16.0 Å². The number of halogens is 1. The van der Waals surface area contributed by atoms with Gasteiger partial charge in [-0.15, -0.1) is 0 Å². The van der Waals surface area contributed by atoms with E-state index in [1.807, 2.05) is 56.3 Å². The van der Waals surface area contributed by atoms with Gasteiger partial charge < -0.3 is 5.11 Å². The van der Waals surface area contributed by atoms with Gasteiger partial charge >= 0.3 is 0 Å². The Morgan fingerprint density at radius 1 is 1.17 bits per heavy atom. The number of phenols is 1. The molecule has 0 radical (unpaired) electrons. The van der Waals surface area contributed by atoms with E-state index >= 15 is 0 Å². The van der Waals surface area contributed by atoms with Crippen LogP contribution in [0.4, 0.5) is 0 Å². The Hall–Kier alpha value is -2.99. The minimum Gasteiger partial charge on any atom is -0.507 e. The number of fused-ring (bicyclic) bond motifs is 2. The van der Waals surface area contributed by atoms with Crippen LogP contribution in [0.15, 0.2) is 69.0 Å². The van der Waals surface area contributed by atoms with Crippen LogP contribution in [0.25, 0.3) is 21.7 Å². The maximum atomic E-state index is 13.2. The minimum absolute atomic E-state index is 0.0500. The maximum absolute atomic E-state index is 13.2. The molecule has 1 aromatic heterocycles. The molecule has 1 heterocycles. The largest absolute Gasteiger partial charge is 0.507 e. The highest BCUT2D eigenvalue weighted by Crippen LogP contribution is 2.26. The van der Waals surface area contributed by atoms with Crippen molar-refractivity contribution >= 4 is 43.8 Å². The van der Waals surface area contributed by atoms with E-state index in [1.165, 1.54) is 10.9 Å². The molecule has 0 spiro atoms. The summed E-state index contributed by atoms with van der Waals surface area (Å²) in [7, 11) is 0. The van der Waals surface area contributed by atoms with Crippen molar-refractivity contribution in [1.82, 2.24) is 9.66 Å². The van der Waals surface area contributed by atoms with Crippen LogP contribution in [-0.2, 0) is 0 Å². The third kappa shape index (κ3) is 3.56. The maximum Gasteiger partial charge on any atom is 0.282 e. The molecule has 0 fully saturated rings. The third-order valence-corrected chi connectivity index (χ3v) is 5.63. The van der Waals surface area contributed by atoms with E-state index in [9.17, 15) is 9.90 Å². The van der Waals surface area contributed by atoms with Gasteiger partial charge in [-0.2, -0.15) is 9.78 Å². The molecular formula is C23H20BrN3O2. The highest BCUT2D eigenvalue weighted by atomic mass is 79.9. The van der Waals surface area contributed by atoms with E-state index in [2.05, 4.69) is 21.0 Å². The Bertz CT molecular complexity index is 1310. The molecule has 4 rings (SSSR count). The molecule has 0 aliphatic carbocycles. The fourth-order valence-corrected chi connectivity index (χ4v) is 3.68. The summed E-state index contributed by atoms with van der Waals surface area (Å²) < 4.78 is 2.16. The standard InChI is InChI=1S/C23H20BrN3O2/c1-3-14(2)22-26-20-10-9-16(24)12-18(20)23(29)27(22)25-13-19-17-7-5-4-6-15(17)8-11-21(19)28/h4-14,28H,3H2,1-2H3/t14-/m0/s1. The Kier molecular flexibility index (Phi) is 5.20. The van der Waals surface area contributed by atoms with Crippen LogP contribution >= 0.6 is 15.9 Å². The van der Waals surface area contributed by atoms with Crippen molar-refractivity contribution in [3.05, 3.63) is 80.8 Å². The lowest BCUT2D eigenvalue weighted by molar-refractivity contribution is 0.475. The second kappa shape index (κ2) is 7.79. The highest BCUT2D eigenvalue weighted by molar-refractivity contribution is 9.10. The number of rotatable bonds is 4. The smallest absolute Gasteiger partial charge is 0.282 e. The van der Waals surface area contributed by atoms with Crippen molar-refractivity contribution in [3.8, 4) is 5.75 Å². The van der Waals surface area contributed by atoms with Gasteiger partial charge in [-0.05, 0) is 41.5 Å². The first-order valence-electron chi connectivity index (χ1n) is 9.47. The van der Waals surface area contributed by atoms with Crippen LogP contribution in [0.2, 0.25) is 0 Å². The molecule has 29 heavy (non-hydrogen) atoms. The second-order valence-electron chi connectivity index (χ2n) is 7.02. The van der Waals surface area contributed by atoms with Gasteiger partial charge in [0.15, 0.2) is 0 Å². The van der Waals surface area contributed by atoms with Gasteiger partial charge in [-0.1, -0.05) is 60.1 Å². The first kappa shape index (κ1) is 19.3. The zero-order valence-electron chi connectivity index (χ0n) is 16.1. The quantitative estimate of drug-likeness (QED) is 0.423. The van der Waals surface area contributed by atoms with E-state index in [0.717, 1.165) is 21.7 Å². The zero-order chi connectivity index (χ0) is 20.5. The van der Waals surface area contributed by atoms with Gasteiger partial charge in [0.25, 0.3) is 5.56 Å². The Balaban J connectivity index is 1.95. The molecule has 0 unspecified atom stereocenters. The summed E-state index contributed by atoms with van der Waals surface area (Å²) in [5.74, 6) is 0.763. The zero-order valence-corrected chi connectivity index (χ0v) is 17.7. The van der Waals surface area contributed by atoms with Gasteiger partial charge in [0.1, 0.15) is 11.6 Å². The van der Waals surface area contributed by atoms with Crippen molar-refractivity contribution in [2.75, 3.05) is 0 Å². The van der Waals surface area contributed by atoms with Crippen molar-refractivity contribution in [2.24, 2.45) is 5.10 Å². The van der Waals surface area contributed by atoms with Crippen LogP contribution in [0, 0.1) is 0 Å². The van der Waals surface area contributed by atoms with Crippen molar-refractivity contribution in [2.45, 2.75) is 26.2 Å². The fraction of sp³-hybridized carbons (Fsp3) is 0.174. The average Bonchev–Trinajstić information content (AvgIpc) is 2.74. The van der Waals surface area contributed by atoms with E-state index in [4.69, 9.17) is 4.98 Å². The summed E-state index contributed by atoms with van der Waals surface area (Å²) in [6, 6.07) is 16.7. The predicted molar refractivity (Wildman–Crippen MR) is 121 cm³/mol. The SMILES string of the molecule is CC[C@H](C)c1nc2ccc(Br)cc2c(=O)n1N=Cc1c(O)ccc2ccccc12. The Morgan fingerprint density at radius 2 is 1.97 bits per heavy atom. The topological polar surface area (TPSA) is 67.5 Å². The van der Waals surface area contributed by atoms with Crippen molar-refractivity contribution in [3.63, 3.8) is 0 Å². The number of hydrogen-bond donors (Lipinski definition) is 1. The molecule has 0 saturated heterocycles. The van der Waals surface area contributed by atoms with E-state index in [1.54, 1.807) is 12.1 Å². The second-order valence-corrected chi connectivity index (χ2v) is 7.94. The molecule has 0 saturated carbocycles. The summed E-state index contributed by atoms with van der Waals surface area (Å²) in [6.45, 7) is 4.07. The molecule has 1 N–H and O–H groups in total. The van der Waals surface area contributed by atoms with Gasteiger partial charge in [-0.3, -0.25) is 4.79 Å². The summed E-state index contributed by atoms with van der Waals surface area (Å²) in [5, 5.41) is 17.2. The predicted octanol–water partition coefficient (Wildman–Crippen LogP) is 5.41. The number of aromatic hydroxyl groups is 1. The van der Waals surface area contributed by atoms with Crippen LogP contribution < -0.4 is 5.56 Å². The number of nitrogens with zero attached hydrogens (tertiary/aromatic N) is 3. The van der Waals surface area contributed by atoms with E-state index in [-0.39, 0.29) is 17.2 Å². The van der Waals surface area contributed by atoms with Crippen molar-refractivity contribution < 1.29 is 5.11 Å². The monoisotopic (exact) mass is 449 g/mol. The van der Waals surface area contributed by atoms with Crippen LogP contribution in [0.5, 0.6) is 5.75 Å². The van der Waals surface area contributed by atoms with E-state index < -0.39 is 0 Å². The first-order valence-corrected chi connectivity index (χ1v) is 10.3. The number of phenolic OH excluding ortho intramolecular Hbond substituents is 1. The molecule has 5 nitrogen and oxygen atoms in total. The summed E-state index contributed by atoms with van der Waals surface area (Å²) in [6.07, 6.45) is 2.36. The lowest BCUT2D eigenvalue weighted by Gasteiger charge is -2.14. The number of aromatic nitrogens is 2. The summed E-state index contributed by atoms with van der Waals surface area (Å²) >= 11 is 3.42. The molecule has 4 aromatic rings. The highest BCUT2D eigenvalue weighted by Gasteiger charge is 2.16. The van der Waals surface area contributed by atoms with Crippen LogP contribution in [0.1, 0.15) is 37.6 Å². The lowest BCUT2D eigenvalue weighted by atomic mass is 10.0. The minimum atomic E-state index is -0.234. The van der Waals surface area contributed by atoms with Gasteiger partial charge in [0.2, 0.25) is 0 Å². The van der Waals surface area contributed by atoms with Gasteiger partial charge in [0.05, 0.1) is 17.1 Å². The molecule has 1 atom stereocenters. The first-order chi connectivity index (χ1) is 14.0. The molecule has 0 aliphatic heterocycles. The van der Waals surface area contributed by atoms with Gasteiger partial charge in [-0.25, -0.2) is 4.98 Å². The molecular weight excluding hydrogens is 430 g/mol. The van der Waals surface area contributed by atoms with E-state index in [0.29, 0.717) is 22.3 Å². The van der Waals surface area contributed by atoms with Crippen molar-refractivity contribution in [1.29, 1.82) is 0 Å². The fourth-order valence-electron chi connectivity index (χ4n) is 3.31. The third-order valence-electron chi connectivity index (χ3n) is 5.14. The average molecular weight is 450 g/mol. The van der Waals surface area contributed by atoms with Crippen LogP contribution in [0.3, 0.4) is 0 Å². The Morgan fingerprint density at radius 3 is 2.76 bits per heavy atom. The molecule has 6 heteroatoms. The summed E-state index contributed by atoms with van der Waals surface area (Å²) in [5.41, 5.74) is 0.981. The van der Waals surface area contributed by atoms with Crippen LogP contribution in [-0.4, -0.2) is 21.0 Å². The molecule has 0 amide bonds. The molecule has 0 aliphatic rings.